The second kappa shape index (κ2) is 74.5. The van der Waals surface area contributed by atoms with Gasteiger partial charge in [0.25, 0.3) is 0 Å². The smallest absolute Gasteiger partial charge is 0.317 e. The molecule has 1 heterocycles. The van der Waals surface area contributed by atoms with E-state index in [2.05, 4.69) is 68.6 Å². The van der Waals surface area contributed by atoms with Crippen LogP contribution in [0.3, 0.4) is 0 Å². The third-order valence-electron chi connectivity index (χ3n) is 17.7. The zero-order valence-electron chi connectivity index (χ0n) is 73.0. The van der Waals surface area contributed by atoms with Crippen molar-refractivity contribution in [3.8, 4) is 0 Å². The van der Waals surface area contributed by atoms with Crippen LogP contribution in [0.1, 0.15) is 98.5 Å². The number of carboxylic acids is 3. The Bertz CT molecular complexity index is 2810. The van der Waals surface area contributed by atoms with Crippen molar-refractivity contribution in [3.05, 3.63) is 34.3 Å². The van der Waals surface area contributed by atoms with E-state index in [4.69, 9.17) is 75.8 Å². The van der Waals surface area contributed by atoms with Crippen molar-refractivity contribution in [1.82, 2.24) is 51.5 Å². The topological polar surface area (TPSA) is 447 Å². The molecular formula is C82H147BrN10O28. The second-order valence-electron chi connectivity index (χ2n) is 30.4. The highest BCUT2D eigenvalue weighted by molar-refractivity contribution is 9.10. The number of aliphatic carboxylic acids is 3. The van der Waals surface area contributed by atoms with Crippen molar-refractivity contribution in [2.45, 2.75) is 117 Å². The van der Waals surface area contributed by atoms with Gasteiger partial charge in [0.05, 0.1) is 237 Å². The second-order valence-corrected chi connectivity index (χ2v) is 31.4. The molecule has 700 valence electrons. The minimum Gasteiger partial charge on any atom is -0.480 e. The van der Waals surface area contributed by atoms with Crippen LogP contribution in [0.25, 0.3) is 0 Å². The number of Topliss-reactive ketones (excluding diaryl/α,β-unsaturated/α-hetero) is 1. The van der Waals surface area contributed by atoms with Gasteiger partial charge in [-0.3, -0.25) is 62.8 Å². The van der Waals surface area contributed by atoms with Crippen molar-refractivity contribution in [2.24, 2.45) is 5.41 Å². The number of hydrogen-bond acceptors (Lipinski definition) is 30. The zero-order valence-corrected chi connectivity index (χ0v) is 74.6. The number of ketones is 1. The Morgan fingerprint density at radius 2 is 0.661 bits per heavy atom. The van der Waals surface area contributed by atoms with E-state index < -0.39 is 41.2 Å². The van der Waals surface area contributed by atoms with E-state index in [0.29, 0.717) is 210 Å². The number of carbonyl (C=O) groups is 9. The molecule has 0 aliphatic carbocycles. The number of ether oxygens (including phenoxy) is 16. The highest BCUT2D eigenvalue weighted by atomic mass is 79.9. The first-order valence-corrected chi connectivity index (χ1v) is 43.3. The van der Waals surface area contributed by atoms with E-state index in [1.807, 2.05) is 49.9 Å². The van der Waals surface area contributed by atoms with Gasteiger partial charge in [0.1, 0.15) is 12.6 Å². The first-order chi connectivity index (χ1) is 58.3. The average molecular weight is 1800 g/mol. The quantitative estimate of drug-likeness (QED) is 0.0413. The van der Waals surface area contributed by atoms with Crippen LogP contribution in [0.15, 0.2) is 28.7 Å². The molecule has 1 aromatic carbocycles. The molecule has 39 heteroatoms. The molecule has 0 bridgehead atoms. The number of nitrogens with zero attached hydrogens (tertiary/aromatic N) is 4. The number of carbonyl (C=O) groups excluding carboxylic acids is 6. The average Bonchev–Trinajstić information content (AvgIpc) is 0.853. The predicted octanol–water partition coefficient (Wildman–Crippen LogP) is 1.17. The van der Waals surface area contributed by atoms with Gasteiger partial charge in [-0.25, -0.2) is 0 Å². The Labute approximate surface area is 724 Å². The molecule has 1 aromatic rings. The minimum absolute atomic E-state index is 0.0199. The van der Waals surface area contributed by atoms with Crippen LogP contribution in [0.5, 0.6) is 0 Å². The number of halogens is 1. The summed E-state index contributed by atoms with van der Waals surface area (Å²) in [6.45, 7) is 25.6. The summed E-state index contributed by atoms with van der Waals surface area (Å²) in [4.78, 5) is 119. The molecule has 38 nitrogen and oxygen atoms in total. The highest BCUT2D eigenvalue weighted by Crippen LogP contribution is 2.21. The number of nitrogens with one attached hydrogen (secondary N) is 6. The summed E-state index contributed by atoms with van der Waals surface area (Å²) in [6.07, 6.45) is 4.45. The molecule has 2 rings (SSSR count). The van der Waals surface area contributed by atoms with Crippen molar-refractivity contribution in [1.29, 1.82) is 0 Å². The van der Waals surface area contributed by atoms with Crippen molar-refractivity contribution in [2.75, 3.05) is 316 Å². The predicted molar refractivity (Wildman–Crippen MR) is 452 cm³/mol. The van der Waals surface area contributed by atoms with Gasteiger partial charge in [0.15, 0.2) is 5.78 Å². The van der Waals surface area contributed by atoms with Crippen LogP contribution in [-0.2, 0) is 125 Å². The highest BCUT2D eigenvalue weighted by Gasteiger charge is 2.32. The van der Waals surface area contributed by atoms with Crippen LogP contribution in [0.4, 0.5) is 0 Å². The lowest BCUT2D eigenvalue weighted by Crippen LogP contribution is -2.50. The summed E-state index contributed by atoms with van der Waals surface area (Å²) in [5, 5.41) is 46.5. The fourth-order valence-corrected chi connectivity index (χ4v) is 11.7. The molecule has 9 N–H and O–H groups in total. The Balaban J connectivity index is 1.60. The number of hydrogen-bond donors (Lipinski definition) is 9. The number of benzene rings is 1. The normalized spacial score (nSPS) is 14.2. The van der Waals surface area contributed by atoms with Crippen LogP contribution < -0.4 is 31.9 Å². The maximum atomic E-state index is 13.6. The first-order valence-electron chi connectivity index (χ1n) is 42.5. The van der Waals surface area contributed by atoms with Crippen molar-refractivity contribution < 1.29 is 134 Å². The van der Waals surface area contributed by atoms with E-state index in [0.717, 1.165) is 22.9 Å². The van der Waals surface area contributed by atoms with E-state index in [-0.39, 0.29) is 186 Å². The van der Waals surface area contributed by atoms with E-state index >= 15 is 0 Å². The Morgan fingerprint density at radius 1 is 0.347 bits per heavy atom. The van der Waals surface area contributed by atoms with Gasteiger partial charge in [0.2, 0.25) is 29.5 Å². The minimum atomic E-state index is -1.06. The third kappa shape index (κ3) is 70.2. The SMILES string of the molecule is CC(C)(C)N[C@H](CCCCNC(=O)COCCOCCOCCOCCOCCOCCOCCOCCNC(=O)[C@@H](CCCCNC(=O)CN1CCN(CC(=O)O)CCN(CC(=O)O)CCN(CC(=O)O)CC1)NC(=O)CCOCCOCCOCCOCCOCCOCCOCCOCCCNC(=O)Cc1ccc(Br)cc1)C(=O)C(C)(C)C. The Morgan fingerprint density at radius 3 is 1.02 bits per heavy atom. The van der Waals surface area contributed by atoms with Gasteiger partial charge in [0, 0.05) is 107 Å². The Hall–Kier alpha value is -5.71. The van der Waals surface area contributed by atoms with Gasteiger partial charge in [-0.15, -0.1) is 0 Å². The molecule has 1 aliphatic rings. The van der Waals surface area contributed by atoms with E-state index in [1.54, 1.807) is 14.7 Å². The van der Waals surface area contributed by atoms with Gasteiger partial charge < -0.3 is 123 Å². The lowest BCUT2D eigenvalue weighted by atomic mass is 9.84. The molecular weight excluding hydrogens is 1650 g/mol. The standard InChI is InChI=1S/C82H147BrN10O28/c1-81(2,3)79(104)70(89-82(4,5)6)12-7-9-20-86-75(97)67-121-61-60-120-59-58-119-57-56-118-55-54-117-51-48-114-45-42-111-39-36-108-33-22-87-80(105)71(13-8-10-19-85-74(96)63-90-23-25-91(64-76(98)99)27-29-93(66-78(102)103)30-28-92(26-24-90)65-77(100)101)88-72(94)18-32-107-35-38-110-41-44-113-47-50-116-53-52-115-49-46-112-43-40-109-37-34-106-31-11-21-84-73(95)62-68-14-16-69(83)17-15-68/h14-17,70-71,89H,7-13,18-67H2,1-6H3,(H,84,95)(H,85,96)(H,86,97)(H,87,105)(H,88,94)(H,98,99)(H,100,101)(H,102,103)/t70-,71-/m1/s1. The van der Waals surface area contributed by atoms with E-state index in [1.165, 1.54) is 0 Å². The summed E-state index contributed by atoms with van der Waals surface area (Å²) >= 11 is 3.39. The molecule has 1 aliphatic heterocycles. The molecule has 0 saturated carbocycles. The lowest BCUT2D eigenvalue weighted by molar-refractivity contribution is -0.140. The molecule has 0 radical (unpaired) electrons. The first kappa shape index (κ1) is 111. The monoisotopic (exact) mass is 1800 g/mol. The van der Waals surface area contributed by atoms with Crippen molar-refractivity contribution >= 4 is 69.2 Å². The fraction of sp³-hybridized carbons (Fsp3) is 0.817. The van der Waals surface area contributed by atoms with Gasteiger partial charge in [-0.1, -0.05) is 48.8 Å². The lowest BCUT2D eigenvalue weighted by Gasteiger charge is -2.32. The summed E-state index contributed by atoms with van der Waals surface area (Å²) in [5.41, 5.74) is 0.341. The maximum absolute atomic E-state index is 13.6. The number of amides is 5. The molecule has 0 unspecified atom stereocenters. The molecule has 5 amide bonds. The number of rotatable bonds is 78. The van der Waals surface area contributed by atoms with Crippen LogP contribution >= 0.6 is 15.9 Å². The van der Waals surface area contributed by atoms with Gasteiger partial charge in [-0.2, -0.15) is 0 Å². The molecule has 2 atom stereocenters. The Kier molecular flexibility index (Phi) is 68.6. The third-order valence-corrected chi connectivity index (χ3v) is 18.2. The van der Waals surface area contributed by atoms with Crippen LogP contribution in [0.2, 0.25) is 0 Å². The summed E-state index contributed by atoms with van der Waals surface area (Å²) in [7, 11) is 0. The fourth-order valence-electron chi connectivity index (χ4n) is 11.5. The zero-order chi connectivity index (χ0) is 88.5. The summed E-state index contributed by atoms with van der Waals surface area (Å²) in [6, 6.07) is 6.52. The van der Waals surface area contributed by atoms with Crippen molar-refractivity contribution in [3.63, 3.8) is 0 Å². The maximum Gasteiger partial charge on any atom is 0.317 e. The molecule has 121 heavy (non-hydrogen) atoms. The van der Waals surface area contributed by atoms with Crippen LogP contribution in [-0.4, -0.2) is 422 Å². The van der Waals surface area contributed by atoms with E-state index in [9.17, 15) is 58.5 Å². The summed E-state index contributed by atoms with van der Waals surface area (Å²) in [5.74, 6) is -4.33. The summed E-state index contributed by atoms with van der Waals surface area (Å²) < 4.78 is 90.0. The van der Waals surface area contributed by atoms with Crippen LogP contribution in [0, 0.1) is 5.41 Å². The number of unbranched alkanes of at least 4 members (excludes halogenated alkanes) is 2. The number of carboxylic acid groups (broad SMARTS) is 3. The molecule has 1 fully saturated rings. The molecule has 0 spiro atoms. The molecule has 0 aromatic heterocycles. The molecule has 1 saturated heterocycles. The van der Waals surface area contributed by atoms with Gasteiger partial charge in [-0.05, 0) is 83.4 Å². The van der Waals surface area contributed by atoms with Gasteiger partial charge >= 0.3 is 17.9 Å². The largest absolute Gasteiger partial charge is 0.480 e.